The minimum absolute atomic E-state index is 0.219. The van der Waals surface area contributed by atoms with E-state index in [2.05, 4.69) is 5.32 Å². The van der Waals surface area contributed by atoms with Gasteiger partial charge >= 0.3 is 5.97 Å². The molecule has 1 aromatic rings. The molecule has 1 aliphatic carbocycles. The van der Waals surface area contributed by atoms with Crippen molar-refractivity contribution in [3.05, 3.63) is 29.8 Å². The third-order valence-corrected chi connectivity index (χ3v) is 3.61. The Bertz CT molecular complexity index is 416. The summed E-state index contributed by atoms with van der Waals surface area (Å²) in [5.41, 5.74) is 0.219. The summed E-state index contributed by atoms with van der Waals surface area (Å²) in [5, 5.41) is 12.3. The zero-order valence-corrected chi connectivity index (χ0v) is 11.1. The highest BCUT2D eigenvalue weighted by molar-refractivity contribution is 5.90. The summed E-state index contributed by atoms with van der Waals surface area (Å²) in [6.45, 7) is 2.27. The number of nitrogens with one attached hydrogen (secondary N) is 1. The van der Waals surface area contributed by atoms with Gasteiger partial charge in [0.2, 0.25) is 0 Å². The first kappa shape index (κ1) is 13.9. The average Bonchev–Trinajstić information content (AvgIpc) is 2.36. The first-order valence-electron chi connectivity index (χ1n) is 6.93. The van der Waals surface area contributed by atoms with Gasteiger partial charge in [-0.05, 0) is 31.0 Å². The van der Waals surface area contributed by atoms with Crippen molar-refractivity contribution >= 4 is 5.97 Å². The molecule has 104 valence electrons. The zero-order chi connectivity index (χ0) is 13.5. The predicted octanol–water partition coefficient (Wildman–Crippen LogP) is 2.54. The molecule has 0 radical (unpaired) electrons. The molecule has 0 bridgehead atoms. The van der Waals surface area contributed by atoms with Crippen molar-refractivity contribution in [2.75, 3.05) is 19.7 Å². The molecule has 0 atom stereocenters. The molecule has 4 nitrogen and oxygen atoms in total. The molecule has 19 heavy (non-hydrogen) atoms. The molecule has 0 aromatic heterocycles. The van der Waals surface area contributed by atoms with Crippen molar-refractivity contribution in [1.29, 1.82) is 0 Å². The summed E-state index contributed by atoms with van der Waals surface area (Å²) in [4.78, 5) is 11.0. The minimum Gasteiger partial charge on any atom is -0.491 e. The van der Waals surface area contributed by atoms with Crippen LogP contribution in [0.5, 0.6) is 5.75 Å². The van der Waals surface area contributed by atoms with E-state index in [9.17, 15) is 4.79 Å². The Hall–Kier alpha value is -1.55. The van der Waals surface area contributed by atoms with E-state index in [1.165, 1.54) is 25.7 Å². The Kier molecular flexibility index (Phi) is 5.21. The van der Waals surface area contributed by atoms with Crippen LogP contribution in [0.25, 0.3) is 0 Å². The van der Waals surface area contributed by atoms with Gasteiger partial charge in [-0.1, -0.05) is 31.4 Å². The third-order valence-electron chi connectivity index (χ3n) is 3.61. The monoisotopic (exact) mass is 263 g/mol. The lowest BCUT2D eigenvalue weighted by atomic mass is 9.83. The second-order valence-electron chi connectivity index (χ2n) is 4.99. The number of carboxylic acids is 1. The van der Waals surface area contributed by atoms with Crippen molar-refractivity contribution in [2.45, 2.75) is 25.7 Å². The van der Waals surface area contributed by atoms with Gasteiger partial charge in [0, 0.05) is 6.54 Å². The highest BCUT2D eigenvalue weighted by Crippen LogP contribution is 2.28. The lowest BCUT2D eigenvalue weighted by Gasteiger charge is -2.25. The number of rotatable bonds is 8. The molecule has 2 N–H and O–H groups in total. The van der Waals surface area contributed by atoms with Gasteiger partial charge in [-0.3, -0.25) is 0 Å². The van der Waals surface area contributed by atoms with Crippen molar-refractivity contribution in [1.82, 2.24) is 5.32 Å². The third kappa shape index (κ3) is 4.24. The Labute approximate surface area is 113 Å². The number of carbonyl (C=O) groups is 1. The van der Waals surface area contributed by atoms with E-state index >= 15 is 0 Å². The van der Waals surface area contributed by atoms with Gasteiger partial charge < -0.3 is 15.2 Å². The van der Waals surface area contributed by atoms with Crippen molar-refractivity contribution < 1.29 is 14.6 Å². The molecule has 0 aliphatic heterocycles. The first-order valence-corrected chi connectivity index (χ1v) is 6.93. The topological polar surface area (TPSA) is 58.6 Å². The molecule has 0 heterocycles. The van der Waals surface area contributed by atoms with Gasteiger partial charge in [0.15, 0.2) is 0 Å². The second kappa shape index (κ2) is 7.14. The number of benzene rings is 1. The Morgan fingerprint density at radius 3 is 2.79 bits per heavy atom. The van der Waals surface area contributed by atoms with E-state index in [0.29, 0.717) is 12.4 Å². The van der Waals surface area contributed by atoms with Crippen LogP contribution in [0.1, 0.15) is 36.0 Å². The van der Waals surface area contributed by atoms with Crippen LogP contribution in [0.4, 0.5) is 0 Å². The number of para-hydroxylation sites is 1. The Balaban J connectivity index is 1.63. The Morgan fingerprint density at radius 1 is 1.32 bits per heavy atom. The standard InChI is InChI=1S/C15H21NO3/c17-15(18)13-6-1-2-7-14(13)19-11-10-16-9-8-12-4-3-5-12/h1-2,6-7,12,16H,3-5,8-11H2,(H,17,18). The van der Waals surface area contributed by atoms with E-state index in [1.807, 2.05) is 0 Å². The second-order valence-corrected chi connectivity index (χ2v) is 4.99. The zero-order valence-electron chi connectivity index (χ0n) is 11.1. The molecular formula is C15H21NO3. The summed E-state index contributed by atoms with van der Waals surface area (Å²) in [5.74, 6) is 0.408. The predicted molar refractivity (Wildman–Crippen MR) is 73.7 cm³/mol. The highest BCUT2D eigenvalue weighted by Gasteiger charge is 2.16. The van der Waals surface area contributed by atoms with Gasteiger partial charge in [-0.2, -0.15) is 0 Å². The minimum atomic E-state index is -0.950. The van der Waals surface area contributed by atoms with Crippen molar-refractivity contribution in [3.8, 4) is 5.75 Å². The molecule has 0 unspecified atom stereocenters. The maximum atomic E-state index is 11.0. The van der Waals surface area contributed by atoms with Gasteiger partial charge in [0.25, 0.3) is 0 Å². The summed E-state index contributed by atoms with van der Waals surface area (Å²) in [6, 6.07) is 6.73. The SMILES string of the molecule is O=C(O)c1ccccc1OCCNCCC1CCC1. The van der Waals surface area contributed by atoms with Crippen LogP contribution in [-0.4, -0.2) is 30.8 Å². The maximum absolute atomic E-state index is 11.0. The van der Waals surface area contributed by atoms with Crippen LogP contribution >= 0.6 is 0 Å². The van der Waals surface area contributed by atoms with E-state index in [1.54, 1.807) is 24.3 Å². The van der Waals surface area contributed by atoms with Crippen LogP contribution in [0, 0.1) is 5.92 Å². The molecule has 1 aromatic carbocycles. The number of hydrogen-bond donors (Lipinski definition) is 2. The fourth-order valence-corrected chi connectivity index (χ4v) is 2.22. The van der Waals surface area contributed by atoms with E-state index in [0.717, 1.165) is 19.0 Å². The number of ether oxygens (including phenoxy) is 1. The van der Waals surface area contributed by atoms with Gasteiger partial charge in [0.1, 0.15) is 17.9 Å². The molecule has 1 aliphatic rings. The summed E-state index contributed by atoms with van der Waals surface area (Å²) < 4.78 is 5.50. The van der Waals surface area contributed by atoms with Crippen molar-refractivity contribution in [2.24, 2.45) is 5.92 Å². The van der Waals surface area contributed by atoms with E-state index < -0.39 is 5.97 Å². The molecule has 2 rings (SSSR count). The van der Waals surface area contributed by atoms with E-state index in [-0.39, 0.29) is 5.56 Å². The van der Waals surface area contributed by atoms with Gasteiger partial charge in [0.05, 0.1) is 0 Å². The lowest BCUT2D eigenvalue weighted by Crippen LogP contribution is -2.25. The molecular weight excluding hydrogens is 242 g/mol. The van der Waals surface area contributed by atoms with Crippen LogP contribution in [0.15, 0.2) is 24.3 Å². The number of carboxylic acid groups (broad SMARTS) is 1. The highest BCUT2D eigenvalue weighted by atomic mass is 16.5. The van der Waals surface area contributed by atoms with Crippen LogP contribution in [-0.2, 0) is 0 Å². The Morgan fingerprint density at radius 2 is 2.11 bits per heavy atom. The van der Waals surface area contributed by atoms with Gasteiger partial charge in [-0.25, -0.2) is 4.79 Å². The summed E-state index contributed by atoms with van der Waals surface area (Å²) in [6.07, 6.45) is 5.39. The van der Waals surface area contributed by atoms with Gasteiger partial charge in [-0.15, -0.1) is 0 Å². The molecule has 0 amide bonds. The summed E-state index contributed by atoms with van der Waals surface area (Å²) in [7, 11) is 0. The quantitative estimate of drug-likeness (QED) is 0.708. The fraction of sp³-hybridized carbons (Fsp3) is 0.533. The average molecular weight is 263 g/mol. The fourth-order valence-electron chi connectivity index (χ4n) is 2.22. The maximum Gasteiger partial charge on any atom is 0.339 e. The van der Waals surface area contributed by atoms with Crippen LogP contribution in [0.2, 0.25) is 0 Å². The normalized spacial score (nSPS) is 14.9. The molecule has 1 saturated carbocycles. The number of hydrogen-bond acceptors (Lipinski definition) is 3. The molecule has 0 spiro atoms. The lowest BCUT2D eigenvalue weighted by molar-refractivity contribution is 0.0692. The van der Waals surface area contributed by atoms with Crippen LogP contribution < -0.4 is 10.1 Å². The van der Waals surface area contributed by atoms with Crippen LogP contribution in [0.3, 0.4) is 0 Å². The first-order chi connectivity index (χ1) is 9.27. The molecule has 1 fully saturated rings. The smallest absolute Gasteiger partial charge is 0.339 e. The van der Waals surface area contributed by atoms with Crippen molar-refractivity contribution in [3.63, 3.8) is 0 Å². The summed E-state index contributed by atoms with van der Waals surface area (Å²) >= 11 is 0. The molecule has 4 heteroatoms. The van der Waals surface area contributed by atoms with E-state index in [4.69, 9.17) is 9.84 Å². The number of aromatic carboxylic acids is 1. The molecule has 0 saturated heterocycles. The largest absolute Gasteiger partial charge is 0.491 e.